The summed E-state index contributed by atoms with van der Waals surface area (Å²) in [5.41, 5.74) is 5.03. The van der Waals surface area contributed by atoms with Crippen molar-refractivity contribution in [1.82, 2.24) is 14.9 Å². The molecule has 0 aliphatic carbocycles. The maximum atomic E-state index is 11.8. The van der Waals surface area contributed by atoms with Crippen LogP contribution in [0.15, 0.2) is 18.7 Å². The van der Waals surface area contributed by atoms with Gasteiger partial charge in [-0.15, -0.1) is 24.8 Å². The number of amides is 1. The minimum Gasteiger partial charge on any atom is -0.351 e. The fourth-order valence-electron chi connectivity index (χ4n) is 1.27. The lowest BCUT2D eigenvalue weighted by molar-refractivity contribution is -0.129. The summed E-state index contributed by atoms with van der Waals surface area (Å²) in [6, 6.07) is 0.0625. The quantitative estimate of drug-likeness (QED) is 0.858. The van der Waals surface area contributed by atoms with Gasteiger partial charge in [0, 0.05) is 31.5 Å². The molecule has 106 valence electrons. The van der Waals surface area contributed by atoms with Crippen LogP contribution in [0.25, 0.3) is 0 Å². The Balaban J connectivity index is 0. The molecule has 1 heterocycles. The highest BCUT2D eigenvalue weighted by Crippen LogP contribution is 2.12. The molecule has 0 aliphatic heterocycles. The van der Waals surface area contributed by atoms with E-state index in [0.29, 0.717) is 13.1 Å². The lowest BCUT2D eigenvalue weighted by atomic mass is 9.92. The van der Waals surface area contributed by atoms with Crippen molar-refractivity contribution in [3.63, 3.8) is 0 Å². The van der Waals surface area contributed by atoms with Crippen LogP contribution < -0.4 is 11.1 Å². The van der Waals surface area contributed by atoms with E-state index in [1.165, 1.54) is 0 Å². The molecule has 0 aliphatic rings. The second kappa shape index (κ2) is 8.34. The zero-order chi connectivity index (χ0) is 12.2. The Labute approximate surface area is 120 Å². The summed E-state index contributed by atoms with van der Waals surface area (Å²) in [5, 5.41) is 2.94. The average molecular weight is 297 g/mol. The van der Waals surface area contributed by atoms with Gasteiger partial charge in [-0.05, 0) is 20.8 Å². The van der Waals surface area contributed by atoms with Crippen LogP contribution >= 0.6 is 24.8 Å². The molecular weight excluding hydrogens is 275 g/mol. The van der Waals surface area contributed by atoms with E-state index in [2.05, 4.69) is 10.3 Å². The monoisotopic (exact) mass is 296 g/mol. The van der Waals surface area contributed by atoms with Crippen molar-refractivity contribution in [3.05, 3.63) is 18.7 Å². The van der Waals surface area contributed by atoms with E-state index in [1.54, 1.807) is 12.5 Å². The van der Waals surface area contributed by atoms with Gasteiger partial charge in [-0.25, -0.2) is 4.98 Å². The first kappa shape index (κ1) is 19.6. The molecule has 1 aromatic rings. The van der Waals surface area contributed by atoms with E-state index in [9.17, 15) is 4.79 Å². The number of nitrogens with one attached hydrogen (secondary N) is 1. The number of nitrogens with zero attached hydrogens (tertiary/aromatic N) is 2. The first-order chi connectivity index (χ1) is 7.45. The van der Waals surface area contributed by atoms with Crippen LogP contribution in [0.5, 0.6) is 0 Å². The number of aromatic nitrogens is 2. The summed E-state index contributed by atoms with van der Waals surface area (Å²) in [6.07, 6.45) is 5.33. The third-order valence-electron chi connectivity index (χ3n) is 2.55. The van der Waals surface area contributed by atoms with Gasteiger partial charge in [0.15, 0.2) is 0 Å². The second-order valence-corrected chi connectivity index (χ2v) is 4.72. The number of hydrogen-bond donors (Lipinski definition) is 2. The van der Waals surface area contributed by atoms with Gasteiger partial charge >= 0.3 is 0 Å². The molecule has 3 N–H and O–H groups in total. The molecule has 0 bridgehead atoms. The minimum absolute atomic E-state index is 0. The third-order valence-corrected chi connectivity index (χ3v) is 2.55. The fraction of sp³-hybridized carbons (Fsp3) is 0.636. The predicted octanol–water partition coefficient (Wildman–Crippen LogP) is 1.22. The Morgan fingerprint density at radius 3 is 2.56 bits per heavy atom. The first-order valence-corrected chi connectivity index (χ1v) is 5.42. The van der Waals surface area contributed by atoms with Crippen LogP contribution in [0.2, 0.25) is 0 Å². The molecule has 0 saturated carbocycles. The molecule has 7 heteroatoms. The molecule has 5 nitrogen and oxygen atoms in total. The zero-order valence-corrected chi connectivity index (χ0v) is 12.6. The van der Waals surface area contributed by atoms with Gasteiger partial charge < -0.3 is 15.6 Å². The smallest absolute Gasteiger partial charge is 0.227 e. The fourth-order valence-corrected chi connectivity index (χ4v) is 1.27. The summed E-state index contributed by atoms with van der Waals surface area (Å²) in [5.74, 6) is -0.0115. The molecule has 0 radical (unpaired) electrons. The van der Waals surface area contributed by atoms with Gasteiger partial charge in [-0.2, -0.15) is 0 Å². The number of carbonyl (C=O) groups excluding carboxylic acids is 1. The van der Waals surface area contributed by atoms with E-state index < -0.39 is 5.41 Å². The SMILES string of the molecule is CC(Cn1ccnc1)NC(=O)C(C)(C)CN.Cl.Cl. The van der Waals surface area contributed by atoms with Gasteiger partial charge in [-0.1, -0.05) is 0 Å². The highest BCUT2D eigenvalue weighted by Gasteiger charge is 2.26. The lowest BCUT2D eigenvalue weighted by Crippen LogP contribution is -2.46. The van der Waals surface area contributed by atoms with Crippen LogP contribution in [-0.4, -0.2) is 28.0 Å². The maximum Gasteiger partial charge on any atom is 0.227 e. The topological polar surface area (TPSA) is 72.9 Å². The molecule has 0 aromatic carbocycles. The second-order valence-electron chi connectivity index (χ2n) is 4.72. The number of hydrogen-bond acceptors (Lipinski definition) is 3. The highest BCUT2D eigenvalue weighted by atomic mass is 35.5. The van der Waals surface area contributed by atoms with Crippen molar-refractivity contribution < 1.29 is 4.79 Å². The molecule has 1 atom stereocenters. The third kappa shape index (κ3) is 5.71. The van der Waals surface area contributed by atoms with Gasteiger partial charge in [0.25, 0.3) is 0 Å². The van der Waals surface area contributed by atoms with Gasteiger partial charge in [-0.3, -0.25) is 4.79 Å². The molecule has 0 fully saturated rings. The van der Waals surface area contributed by atoms with E-state index in [4.69, 9.17) is 5.73 Å². The molecule has 18 heavy (non-hydrogen) atoms. The number of halogens is 2. The Bertz CT molecular complexity index is 341. The molecule has 1 unspecified atom stereocenters. The van der Waals surface area contributed by atoms with Crippen molar-refractivity contribution in [3.8, 4) is 0 Å². The van der Waals surface area contributed by atoms with Crippen LogP contribution in [-0.2, 0) is 11.3 Å². The van der Waals surface area contributed by atoms with Crippen molar-refractivity contribution in [2.45, 2.75) is 33.4 Å². The lowest BCUT2D eigenvalue weighted by Gasteiger charge is -2.24. The number of nitrogens with two attached hydrogens (primary N) is 1. The van der Waals surface area contributed by atoms with E-state index in [1.807, 2.05) is 31.5 Å². The van der Waals surface area contributed by atoms with Crippen molar-refractivity contribution in [2.75, 3.05) is 6.54 Å². The van der Waals surface area contributed by atoms with Crippen LogP contribution in [0.3, 0.4) is 0 Å². The zero-order valence-electron chi connectivity index (χ0n) is 10.9. The summed E-state index contributed by atoms with van der Waals surface area (Å²) in [6.45, 7) is 6.70. The van der Waals surface area contributed by atoms with E-state index in [-0.39, 0.29) is 36.8 Å². The average Bonchev–Trinajstić information content (AvgIpc) is 2.70. The van der Waals surface area contributed by atoms with Crippen LogP contribution in [0.1, 0.15) is 20.8 Å². The summed E-state index contributed by atoms with van der Waals surface area (Å²) in [4.78, 5) is 15.8. The van der Waals surface area contributed by atoms with Gasteiger partial charge in [0.2, 0.25) is 5.91 Å². The Kier molecular flexibility index (Phi) is 9.07. The molecule has 1 amide bonds. The molecular formula is C11H22Cl2N4O. The molecule has 0 saturated heterocycles. The van der Waals surface area contributed by atoms with Crippen LogP contribution in [0, 0.1) is 5.41 Å². The number of imidazole rings is 1. The van der Waals surface area contributed by atoms with Crippen molar-refractivity contribution >= 4 is 30.7 Å². The van der Waals surface area contributed by atoms with E-state index >= 15 is 0 Å². The summed E-state index contributed by atoms with van der Waals surface area (Å²) in [7, 11) is 0. The number of carbonyl (C=O) groups is 1. The van der Waals surface area contributed by atoms with Crippen molar-refractivity contribution in [1.29, 1.82) is 0 Å². The van der Waals surface area contributed by atoms with E-state index in [0.717, 1.165) is 0 Å². The standard InChI is InChI=1S/C11H20N4O.2ClH/c1-9(6-15-5-4-13-8-15)14-10(16)11(2,3)7-12;;/h4-5,8-9H,6-7,12H2,1-3H3,(H,14,16);2*1H. The summed E-state index contributed by atoms with van der Waals surface area (Å²) >= 11 is 0. The van der Waals surface area contributed by atoms with Gasteiger partial charge in [0.05, 0.1) is 11.7 Å². The Morgan fingerprint density at radius 2 is 2.11 bits per heavy atom. The highest BCUT2D eigenvalue weighted by molar-refractivity contribution is 5.85. The predicted molar refractivity (Wildman–Crippen MR) is 77.2 cm³/mol. The van der Waals surface area contributed by atoms with Gasteiger partial charge in [0.1, 0.15) is 0 Å². The normalized spacial score (nSPS) is 12.0. The van der Waals surface area contributed by atoms with Crippen molar-refractivity contribution in [2.24, 2.45) is 11.1 Å². The largest absolute Gasteiger partial charge is 0.351 e. The Morgan fingerprint density at radius 1 is 1.50 bits per heavy atom. The van der Waals surface area contributed by atoms with Crippen LogP contribution in [0.4, 0.5) is 0 Å². The number of rotatable bonds is 5. The molecule has 1 rings (SSSR count). The molecule has 0 spiro atoms. The first-order valence-electron chi connectivity index (χ1n) is 5.42. The Hall–Kier alpha value is -0.780. The summed E-state index contributed by atoms with van der Waals surface area (Å²) < 4.78 is 1.93. The molecule has 1 aromatic heterocycles. The maximum absolute atomic E-state index is 11.8. The minimum atomic E-state index is -0.511.